The van der Waals surface area contributed by atoms with Crippen LogP contribution in [0.5, 0.6) is 5.75 Å². The van der Waals surface area contributed by atoms with Crippen molar-refractivity contribution in [3.63, 3.8) is 0 Å². The van der Waals surface area contributed by atoms with Crippen molar-refractivity contribution >= 4 is 5.96 Å². The van der Waals surface area contributed by atoms with Crippen molar-refractivity contribution in [3.8, 4) is 5.75 Å². The second-order valence-corrected chi connectivity index (χ2v) is 6.73. The zero-order valence-electron chi connectivity index (χ0n) is 17.8. The molecular weight excluding hydrogens is 340 g/mol. The Morgan fingerprint density at radius 3 is 2.67 bits per heavy atom. The van der Waals surface area contributed by atoms with Gasteiger partial charge in [-0.05, 0) is 45.5 Å². The predicted molar refractivity (Wildman–Crippen MR) is 114 cm³/mol. The third kappa shape index (κ3) is 10.2. The molecule has 1 aromatic rings. The molecule has 0 aliphatic carbocycles. The van der Waals surface area contributed by atoms with E-state index in [1.54, 1.807) is 7.11 Å². The van der Waals surface area contributed by atoms with Gasteiger partial charge in [0.15, 0.2) is 5.96 Å². The van der Waals surface area contributed by atoms with Crippen molar-refractivity contribution < 1.29 is 9.47 Å². The van der Waals surface area contributed by atoms with Crippen molar-refractivity contribution in [1.29, 1.82) is 0 Å². The monoisotopic (exact) mass is 378 g/mol. The van der Waals surface area contributed by atoms with Gasteiger partial charge in [-0.2, -0.15) is 0 Å². The highest BCUT2D eigenvalue weighted by atomic mass is 16.5. The van der Waals surface area contributed by atoms with E-state index in [1.807, 2.05) is 0 Å². The Kier molecular flexibility index (Phi) is 12.3. The number of guanidine groups is 1. The number of unbranched alkanes of at least 4 members (excludes halogenated alkanes) is 1. The summed E-state index contributed by atoms with van der Waals surface area (Å²) in [6, 6.07) is 6.24. The van der Waals surface area contributed by atoms with Gasteiger partial charge in [0.1, 0.15) is 12.4 Å². The van der Waals surface area contributed by atoms with Crippen molar-refractivity contribution in [3.05, 3.63) is 29.3 Å². The van der Waals surface area contributed by atoms with Crippen LogP contribution < -0.4 is 15.4 Å². The second kappa shape index (κ2) is 14.3. The highest BCUT2D eigenvalue weighted by Gasteiger charge is 2.06. The molecule has 0 amide bonds. The number of hydrogen-bond donors (Lipinski definition) is 2. The van der Waals surface area contributed by atoms with Crippen LogP contribution in [0.25, 0.3) is 0 Å². The average molecular weight is 379 g/mol. The Balaban J connectivity index is 2.63. The molecule has 154 valence electrons. The fourth-order valence-electron chi connectivity index (χ4n) is 2.57. The van der Waals surface area contributed by atoms with Crippen molar-refractivity contribution in [2.24, 2.45) is 4.99 Å². The van der Waals surface area contributed by atoms with Gasteiger partial charge in [0.05, 0.1) is 13.2 Å². The second-order valence-electron chi connectivity index (χ2n) is 6.73. The minimum atomic E-state index is 0.541. The lowest BCUT2D eigenvalue weighted by molar-refractivity contribution is 0.145. The molecule has 0 saturated carbocycles. The first kappa shape index (κ1) is 23.2. The lowest BCUT2D eigenvalue weighted by atomic mass is 10.1. The summed E-state index contributed by atoms with van der Waals surface area (Å²) in [4.78, 5) is 7.07. The Labute approximate surface area is 165 Å². The van der Waals surface area contributed by atoms with Crippen LogP contribution in [0.3, 0.4) is 0 Å². The van der Waals surface area contributed by atoms with Crippen LogP contribution >= 0.6 is 0 Å². The summed E-state index contributed by atoms with van der Waals surface area (Å²) in [6.45, 7) is 11.9. The fourth-order valence-corrected chi connectivity index (χ4v) is 2.57. The molecule has 0 saturated heterocycles. The van der Waals surface area contributed by atoms with Gasteiger partial charge in [-0.25, -0.2) is 4.99 Å². The van der Waals surface area contributed by atoms with E-state index in [4.69, 9.17) is 14.5 Å². The number of nitrogens with one attached hydrogen (secondary N) is 2. The number of nitrogens with zero attached hydrogens (tertiary/aromatic N) is 2. The normalized spacial score (nSPS) is 11.7. The molecule has 0 unspecified atom stereocenters. The number of ether oxygens (including phenoxy) is 2. The molecule has 0 spiro atoms. The molecule has 0 atom stereocenters. The molecule has 0 fully saturated rings. The van der Waals surface area contributed by atoms with Crippen LogP contribution in [-0.4, -0.2) is 64.4 Å². The third-order valence-electron chi connectivity index (χ3n) is 4.20. The highest BCUT2D eigenvalue weighted by molar-refractivity contribution is 5.79. The van der Waals surface area contributed by atoms with Gasteiger partial charge >= 0.3 is 0 Å². The number of rotatable bonds is 13. The minimum absolute atomic E-state index is 0.541. The average Bonchev–Trinajstić information content (AvgIpc) is 2.65. The van der Waals surface area contributed by atoms with Crippen molar-refractivity contribution in [2.45, 2.75) is 40.2 Å². The Bertz CT molecular complexity index is 549. The minimum Gasteiger partial charge on any atom is -0.491 e. The summed E-state index contributed by atoms with van der Waals surface area (Å²) >= 11 is 0. The van der Waals surface area contributed by atoms with E-state index in [0.29, 0.717) is 19.8 Å². The molecule has 2 N–H and O–H groups in total. The maximum atomic E-state index is 5.86. The number of hydrogen-bond acceptors (Lipinski definition) is 4. The van der Waals surface area contributed by atoms with Crippen LogP contribution in [0.4, 0.5) is 0 Å². The molecule has 1 rings (SSSR count). The SMILES string of the molecule is CCCCN(C)CCNC(=NCc1ccc(C)cc1OCCOC)NCC. The van der Waals surface area contributed by atoms with Crippen molar-refractivity contribution in [2.75, 3.05) is 53.6 Å². The topological polar surface area (TPSA) is 58.1 Å². The Hall–Kier alpha value is -1.79. The van der Waals surface area contributed by atoms with E-state index in [-0.39, 0.29) is 0 Å². The van der Waals surface area contributed by atoms with Gasteiger partial charge in [-0.15, -0.1) is 0 Å². The molecule has 0 heterocycles. The van der Waals surface area contributed by atoms with Crippen molar-refractivity contribution in [1.82, 2.24) is 15.5 Å². The predicted octanol–water partition coefficient (Wildman–Crippen LogP) is 2.81. The first-order valence-electron chi connectivity index (χ1n) is 10.0. The van der Waals surface area contributed by atoms with E-state index in [2.05, 4.69) is 61.6 Å². The zero-order chi connectivity index (χ0) is 19.9. The van der Waals surface area contributed by atoms with Crippen LogP contribution in [0.2, 0.25) is 0 Å². The van der Waals surface area contributed by atoms with E-state index in [0.717, 1.165) is 43.5 Å². The van der Waals surface area contributed by atoms with Crippen LogP contribution in [-0.2, 0) is 11.3 Å². The van der Waals surface area contributed by atoms with Gasteiger partial charge in [0.25, 0.3) is 0 Å². The largest absolute Gasteiger partial charge is 0.491 e. The molecule has 27 heavy (non-hydrogen) atoms. The molecule has 1 aromatic carbocycles. The molecule has 6 nitrogen and oxygen atoms in total. The standard InChI is InChI=1S/C21H38N4O2/c1-6-8-12-25(4)13-11-23-21(22-7-2)24-17-19-10-9-18(3)16-20(19)27-15-14-26-5/h9-10,16H,6-8,11-15,17H2,1-5H3,(H2,22,23,24). The maximum absolute atomic E-state index is 5.86. The molecule has 0 bridgehead atoms. The third-order valence-corrected chi connectivity index (χ3v) is 4.20. The Morgan fingerprint density at radius 1 is 1.15 bits per heavy atom. The quantitative estimate of drug-likeness (QED) is 0.314. The molecule has 0 aliphatic heterocycles. The van der Waals surface area contributed by atoms with E-state index < -0.39 is 0 Å². The van der Waals surface area contributed by atoms with Crippen LogP contribution in [0.15, 0.2) is 23.2 Å². The van der Waals surface area contributed by atoms with Crippen LogP contribution in [0, 0.1) is 6.92 Å². The summed E-state index contributed by atoms with van der Waals surface area (Å²) < 4.78 is 10.9. The van der Waals surface area contributed by atoms with Gasteiger partial charge in [-0.3, -0.25) is 0 Å². The Morgan fingerprint density at radius 2 is 1.96 bits per heavy atom. The highest BCUT2D eigenvalue weighted by Crippen LogP contribution is 2.21. The van der Waals surface area contributed by atoms with Gasteiger partial charge in [-0.1, -0.05) is 25.5 Å². The molecule has 0 radical (unpaired) electrons. The number of benzene rings is 1. The summed E-state index contributed by atoms with van der Waals surface area (Å²) in [5, 5.41) is 6.73. The van der Waals surface area contributed by atoms with E-state index >= 15 is 0 Å². The van der Waals surface area contributed by atoms with Gasteiger partial charge < -0.3 is 25.0 Å². The molecule has 6 heteroatoms. The molecule has 0 aromatic heterocycles. The van der Waals surface area contributed by atoms with Gasteiger partial charge in [0, 0.05) is 32.3 Å². The van der Waals surface area contributed by atoms with Gasteiger partial charge in [0.2, 0.25) is 0 Å². The smallest absolute Gasteiger partial charge is 0.191 e. The zero-order valence-corrected chi connectivity index (χ0v) is 17.8. The maximum Gasteiger partial charge on any atom is 0.191 e. The number of aryl methyl sites for hydroxylation is 1. The lowest BCUT2D eigenvalue weighted by Gasteiger charge is -2.18. The molecule has 0 aliphatic rings. The van der Waals surface area contributed by atoms with E-state index in [9.17, 15) is 0 Å². The molecular formula is C21H38N4O2. The first-order chi connectivity index (χ1) is 13.1. The summed E-state index contributed by atoms with van der Waals surface area (Å²) in [5.41, 5.74) is 2.25. The number of aliphatic imine (C=N–C) groups is 1. The summed E-state index contributed by atoms with van der Waals surface area (Å²) in [5.74, 6) is 1.72. The lowest BCUT2D eigenvalue weighted by Crippen LogP contribution is -2.41. The fraction of sp³-hybridized carbons (Fsp3) is 0.667. The van der Waals surface area contributed by atoms with Crippen LogP contribution in [0.1, 0.15) is 37.8 Å². The summed E-state index contributed by atoms with van der Waals surface area (Å²) in [6.07, 6.45) is 2.47. The number of methoxy groups -OCH3 is 1. The number of likely N-dealkylation sites (N-methyl/N-ethyl adjacent to an activating group) is 1. The van der Waals surface area contributed by atoms with E-state index in [1.165, 1.54) is 18.4 Å². The summed E-state index contributed by atoms with van der Waals surface area (Å²) in [7, 11) is 3.84. The first-order valence-corrected chi connectivity index (χ1v) is 10.0.